The molecule has 3 nitrogen and oxygen atoms in total. The fourth-order valence-electron chi connectivity index (χ4n) is 1.71. The van der Waals surface area contributed by atoms with Crippen molar-refractivity contribution in [2.45, 2.75) is 20.4 Å². The predicted octanol–water partition coefficient (Wildman–Crippen LogP) is 4.71. The van der Waals surface area contributed by atoms with Crippen molar-refractivity contribution in [3.63, 3.8) is 0 Å². The van der Waals surface area contributed by atoms with Crippen molar-refractivity contribution >= 4 is 27.5 Å². The summed E-state index contributed by atoms with van der Waals surface area (Å²) in [6, 6.07) is 7.68. The number of nitrogens with zero attached hydrogens (tertiary/aromatic N) is 1. The lowest BCUT2D eigenvalue weighted by molar-refractivity contribution is 0.461. The number of hydrogen-bond acceptors (Lipinski definition) is 3. The summed E-state index contributed by atoms with van der Waals surface area (Å²) in [5.41, 5.74) is 2.09. The number of halogens is 2. The van der Waals surface area contributed by atoms with E-state index in [0.29, 0.717) is 17.4 Å². The summed E-state index contributed by atoms with van der Waals surface area (Å²) in [4.78, 5) is 4.20. The van der Waals surface area contributed by atoms with Crippen molar-refractivity contribution in [2.24, 2.45) is 0 Å². The van der Waals surface area contributed by atoms with Crippen LogP contribution in [0.25, 0.3) is 0 Å². The normalized spacial score (nSPS) is 10.6. The molecule has 1 N–H and O–H groups in total. The molecule has 2 aromatic rings. The van der Waals surface area contributed by atoms with Crippen LogP contribution < -0.4 is 10.1 Å². The molecule has 0 aliphatic heterocycles. The third-order valence-electron chi connectivity index (χ3n) is 2.83. The minimum Gasteiger partial charge on any atom is -0.439 e. The molecular weight excluding hydrogens is 340 g/mol. The van der Waals surface area contributed by atoms with Gasteiger partial charge in [0.1, 0.15) is 5.75 Å². The van der Waals surface area contributed by atoms with Gasteiger partial charge in [-0.25, -0.2) is 4.98 Å². The van der Waals surface area contributed by atoms with Gasteiger partial charge in [-0.15, -0.1) is 0 Å². The lowest BCUT2D eigenvalue weighted by Gasteiger charge is -2.09. The third-order valence-corrected chi connectivity index (χ3v) is 4.06. The first-order valence-electron chi connectivity index (χ1n) is 6.39. The molecule has 0 atom stereocenters. The standard InChI is InChI=1S/C15H16BrClN2O/c1-3-18-8-11-7-15(19-9-14(11)17)20-12-4-5-13(16)10(2)6-12/h4-7,9,18H,3,8H2,1-2H3. The molecule has 2 rings (SSSR count). The van der Waals surface area contributed by atoms with E-state index >= 15 is 0 Å². The summed E-state index contributed by atoms with van der Waals surface area (Å²) in [6.07, 6.45) is 1.62. The number of pyridine rings is 1. The van der Waals surface area contributed by atoms with Crippen LogP contribution in [0.4, 0.5) is 0 Å². The molecule has 0 spiro atoms. The van der Waals surface area contributed by atoms with E-state index in [1.807, 2.05) is 31.2 Å². The number of benzene rings is 1. The quantitative estimate of drug-likeness (QED) is 0.843. The van der Waals surface area contributed by atoms with E-state index in [1.54, 1.807) is 6.20 Å². The topological polar surface area (TPSA) is 34.1 Å². The molecular formula is C15H16BrClN2O. The lowest BCUT2D eigenvalue weighted by atomic mass is 10.2. The van der Waals surface area contributed by atoms with Gasteiger partial charge in [-0.3, -0.25) is 0 Å². The number of ether oxygens (including phenoxy) is 1. The fourth-order valence-corrected chi connectivity index (χ4v) is 2.13. The zero-order valence-electron chi connectivity index (χ0n) is 11.4. The molecule has 0 radical (unpaired) electrons. The van der Waals surface area contributed by atoms with Crippen molar-refractivity contribution in [3.8, 4) is 11.6 Å². The summed E-state index contributed by atoms with van der Waals surface area (Å²) in [5.74, 6) is 1.30. The average molecular weight is 356 g/mol. The van der Waals surface area contributed by atoms with Gasteiger partial charge >= 0.3 is 0 Å². The van der Waals surface area contributed by atoms with Crippen LogP contribution in [0, 0.1) is 6.92 Å². The van der Waals surface area contributed by atoms with Gasteiger partial charge in [0.2, 0.25) is 5.88 Å². The van der Waals surface area contributed by atoms with Gasteiger partial charge < -0.3 is 10.1 Å². The highest BCUT2D eigenvalue weighted by molar-refractivity contribution is 9.10. The van der Waals surface area contributed by atoms with Crippen LogP contribution >= 0.6 is 27.5 Å². The highest BCUT2D eigenvalue weighted by Gasteiger charge is 2.06. The number of rotatable bonds is 5. The van der Waals surface area contributed by atoms with E-state index in [9.17, 15) is 0 Å². The van der Waals surface area contributed by atoms with Gasteiger partial charge in [-0.2, -0.15) is 0 Å². The number of hydrogen-bond donors (Lipinski definition) is 1. The third kappa shape index (κ3) is 3.95. The smallest absolute Gasteiger partial charge is 0.219 e. The summed E-state index contributed by atoms with van der Waals surface area (Å²) < 4.78 is 6.83. The van der Waals surface area contributed by atoms with Crippen molar-refractivity contribution in [3.05, 3.63) is 51.1 Å². The first-order chi connectivity index (χ1) is 9.60. The molecule has 0 fully saturated rings. The minimum atomic E-state index is 0.545. The molecule has 5 heteroatoms. The predicted molar refractivity (Wildman–Crippen MR) is 85.6 cm³/mol. The zero-order chi connectivity index (χ0) is 14.5. The SMILES string of the molecule is CCNCc1cc(Oc2ccc(Br)c(C)c2)ncc1Cl. The maximum Gasteiger partial charge on any atom is 0.219 e. The summed E-state index contributed by atoms with van der Waals surface area (Å²) in [6.45, 7) is 5.66. The number of aromatic nitrogens is 1. The van der Waals surface area contributed by atoms with E-state index in [1.165, 1.54) is 0 Å². The molecule has 20 heavy (non-hydrogen) atoms. The highest BCUT2D eigenvalue weighted by atomic mass is 79.9. The molecule has 1 aromatic carbocycles. The van der Waals surface area contributed by atoms with E-state index in [2.05, 4.69) is 33.2 Å². The highest BCUT2D eigenvalue weighted by Crippen LogP contribution is 2.27. The molecule has 0 aliphatic rings. The van der Waals surface area contributed by atoms with E-state index in [0.717, 1.165) is 27.9 Å². The monoisotopic (exact) mass is 354 g/mol. The Balaban J connectivity index is 2.18. The second-order valence-corrected chi connectivity index (χ2v) is 5.67. The molecule has 0 saturated carbocycles. The Morgan fingerprint density at radius 1 is 1.35 bits per heavy atom. The molecule has 1 heterocycles. The van der Waals surface area contributed by atoms with Crippen LogP contribution in [-0.2, 0) is 6.54 Å². The number of nitrogens with one attached hydrogen (secondary N) is 1. The molecule has 106 valence electrons. The van der Waals surface area contributed by atoms with Gasteiger partial charge in [0.25, 0.3) is 0 Å². The lowest BCUT2D eigenvalue weighted by Crippen LogP contribution is -2.12. The Morgan fingerprint density at radius 3 is 2.85 bits per heavy atom. The Kier molecular flexibility index (Phi) is 5.40. The molecule has 1 aromatic heterocycles. The maximum atomic E-state index is 6.12. The minimum absolute atomic E-state index is 0.545. The zero-order valence-corrected chi connectivity index (χ0v) is 13.8. The Bertz CT molecular complexity index is 604. The first-order valence-corrected chi connectivity index (χ1v) is 7.56. The van der Waals surface area contributed by atoms with Crippen LogP contribution in [0.1, 0.15) is 18.1 Å². The van der Waals surface area contributed by atoms with Crippen LogP contribution in [0.15, 0.2) is 34.9 Å². The number of aryl methyl sites for hydroxylation is 1. The van der Waals surface area contributed by atoms with Crippen LogP contribution in [0.5, 0.6) is 11.6 Å². The summed E-state index contributed by atoms with van der Waals surface area (Å²) in [5, 5.41) is 3.88. The summed E-state index contributed by atoms with van der Waals surface area (Å²) in [7, 11) is 0. The van der Waals surface area contributed by atoms with Gasteiger partial charge in [-0.05, 0) is 42.8 Å². The Labute approximate surface area is 132 Å². The second-order valence-electron chi connectivity index (χ2n) is 4.41. The Hall–Kier alpha value is -1.10. The second kappa shape index (κ2) is 7.07. The van der Waals surface area contributed by atoms with Gasteiger partial charge in [0.15, 0.2) is 0 Å². The van der Waals surface area contributed by atoms with Crippen LogP contribution in [0.2, 0.25) is 5.02 Å². The van der Waals surface area contributed by atoms with Crippen molar-refractivity contribution < 1.29 is 4.74 Å². The largest absolute Gasteiger partial charge is 0.439 e. The molecule has 0 saturated heterocycles. The van der Waals surface area contributed by atoms with E-state index in [-0.39, 0.29) is 0 Å². The van der Waals surface area contributed by atoms with Crippen molar-refractivity contribution in [1.29, 1.82) is 0 Å². The summed E-state index contributed by atoms with van der Waals surface area (Å²) >= 11 is 9.58. The van der Waals surface area contributed by atoms with Crippen LogP contribution in [0.3, 0.4) is 0 Å². The van der Waals surface area contributed by atoms with E-state index < -0.39 is 0 Å². The van der Waals surface area contributed by atoms with Crippen molar-refractivity contribution in [2.75, 3.05) is 6.54 Å². The van der Waals surface area contributed by atoms with Gasteiger partial charge in [0.05, 0.1) is 5.02 Å². The molecule has 0 bridgehead atoms. The maximum absolute atomic E-state index is 6.12. The van der Waals surface area contributed by atoms with E-state index in [4.69, 9.17) is 16.3 Å². The first kappa shape index (κ1) is 15.3. The fraction of sp³-hybridized carbons (Fsp3) is 0.267. The average Bonchev–Trinajstić information content (AvgIpc) is 2.43. The Morgan fingerprint density at radius 2 is 2.15 bits per heavy atom. The van der Waals surface area contributed by atoms with Gasteiger partial charge in [0, 0.05) is 23.3 Å². The molecule has 0 unspecified atom stereocenters. The molecule has 0 aliphatic carbocycles. The van der Waals surface area contributed by atoms with Gasteiger partial charge in [-0.1, -0.05) is 34.5 Å². The molecule has 0 amide bonds. The van der Waals surface area contributed by atoms with Crippen LogP contribution in [-0.4, -0.2) is 11.5 Å². The van der Waals surface area contributed by atoms with Crippen molar-refractivity contribution in [1.82, 2.24) is 10.3 Å².